The van der Waals surface area contributed by atoms with Crippen LogP contribution in [0.4, 0.5) is 4.39 Å². The van der Waals surface area contributed by atoms with Gasteiger partial charge in [0.15, 0.2) is 5.78 Å². The van der Waals surface area contributed by atoms with Crippen molar-refractivity contribution in [2.45, 2.75) is 18.9 Å². The van der Waals surface area contributed by atoms with E-state index < -0.39 is 0 Å². The zero-order chi connectivity index (χ0) is 13.4. The van der Waals surface area contributed by atoms with E-state index in [1.165, 1.54) is 24.3 Å². The molecule has 102 valence electrons. The van der Waals surface area contributed by atoms with Crippen LogP contribution in [0.3, 0.4) is 0 Å². The first-order chi connectivity index (χ1) is 9.13. The maximum Gasteiger partial charge on any atom is 0.176 e. The standard InChI is InChI=1S/C15H18FNO2/c16-12-4-1-10(2-5-12)15(19)9-17-7-11-3-6-14(18)13(11)8-17/h1-2,4-5,11,13-14,18H,3,6-9H2. The third-order valence-electron chi connectivity index (χ3n) is 4.43. The van der Waals surface area contributed by atoms with Gasteiger partial charge in [-0.2, -0.15) is 0 Å². The highest BCUT2D eigenvalue weighted by Gasteiger charge is 2.41. The van der Waals surface area contributed by atoms with Crippen LogP contribution < -0.4 is 0 Å². The Labute approximate surface area is 112 Å². The van der Waals surface area contributed by atoms with Gasteiger partial charge < -0.3 is 5.11 Å². The number of ketones is 1. The van der Waals surface area contributed by atoms with Gasteiger partial charge in [0.25, 0.3) is 0 Å². The Morgan fingerprint density at radius 1 is 1.26 bits per heavy atom. The average molecular weight is 263 g/mol. The molecule has 1 aliphatic carbocycles. The molecule has 3 atom stereocenters. The third kappa shape index (κ3) is 2.55. The number of hydrogen-bond donors (Lipinski definition) is 1. The number of carbonyl (C=O) groups is 1. The lowest BCUT2D eigenvalue weighted by molar-refractivity contribution is 0.0919. The fourth-order valence-electron chi connectivity index (χ4n) is 3.39. The number of likely N-dealkylation sites (tertiary alicyclic amines) is 1. The SMILES string of the molecule is O=C(CN1CC2CCC(O)C2C1)c1ccc(F)cc1. The van der Waals surface area contributed by atoms with Crippen molar-refractivity contribution in [2.24, 2.45) is 11.8 Å². The van der Waals surface area contributed by atoms with Gasteiger partial charge in [-0.15, -0.1) is 0 Å². The molecule has 1 N–H and O–H groups in total. The van der Waals surface area contributed by atoms with E-state index in [-0.39, 0.29) is 17.7 Å². The highest BCUT2D eigenvalue weighted by atomic mass is 19.1. The zero-order valence-electron chi connectivity index (χ0n) is 10.8. The number of hydrogen-bond acceptors (Lipinski definition) is 3. The number of halogens is 1. The van der Waals surface area contributed by atoms with Crippen molar-refractivity contribution in [1.82, 2.24) is 4.90 Å². The minimum Gasteiger partial charge on any atom is -0.393 e. The van der Waals surface area contributed by atoms with Gasteiger partial charge in [0.05, 0.1) is 12.6 Å². The molecular formula is C15H18FNO2. The molecule has 3 rings (SSSR count). The van der Waals surface area contributed by atoms with Gasteiger partial charge in [-0.3, -0.25) is 9.69 Å². The van der Waals surface area contributed by atoms with Crippen LogP contribution in [0.25, 0.3) is 0 Å². The van der Waals surface area contributed by atoms with Gasteiger partial charge in [-0.25, -0.2) is 4.39 Å². The number of rotatable bonds is 3. The molecule has 3 nitrogen and oxygen atoms in total. The van der Waals surface area contributed by atoms with Gasteiger partial charge >= 0.3 is 0 Å². The molecule has 2 aliphatic rings. The van der Waals surface area contributed by atoms with E-state index in [1.54, 1.807) is 0 Å². The summed E-state index contributed by atoms with van der Waals surface area (Å²) in [6, 6.07) is 5.69. The Morgan fingerprint density at radius 3 is 2.68 bits per heavy atom. The van der Waals surface area contributed by atoms with Gasteiger partial charge in [0.1, 0.15) is 5.82 Å². The molecule has 3 unspecified atom stereocenters. The molecule has 0 bridgehead atoms. The molecule has 1 saturated carbocycles. The van der Waals surface area contributed by atoms with Crippen molar-refractivity contribution >= 4 is 5.78 Å². The summed E-state index contributed by atoms with van der Waals surface area (Å²) in [5, 5.41) is 9.85. The highest BCUT2D eigenvalue weighted by molar-refractivity contribution is 5.97. The highest BCUT2D eigenvalue weighted by Crippen LogP contribution is 2.37. The van der Waals surface area contributed by atoms with E-state index in [0.29, 0.717) is 23.9 Å². The summed E-state index contributed by atoms with van der Waals surface area (Å²) in [4.78, 5) is 14.2. The maximum atomic E-state index is 12.8. The van der Waals surface area contributed by atoms with Crippen LogP contribution >= 0.6 is 0 Å². The minimum absolute atomic E-state index is 0.0227. The van der Waals surface area contributed by atoms with E-state index >= 15 is 0 Å². The van der Waals surface area contributed by atoms with Crippen molar-refractivity contribution in [1.29, 1.82) is 0 Å². The van der Waals surface area contributed by atoms with Crippen LogP contribution in [0.5, 0.6) is 0 Å². The molecular weight excluding hydrogens is 245 g/mol. The fourth-order valence-corrected chi connectivity index (χ4v) is 3.39. The van der Waals surface area contributed by atoms with E-state index in [1.807, 2.05) is 0 Å². The second-order valence-corrected chi connectivity index (χ2v) is 5.69. The van der Waals surface area contributed by atoms with Gasteiger partial charge in [0.2, 0.25) is 0 Å². The number of fused-ring (bicyclic) bond motifs is 1. The predicted molar refractivity (Wildman–Crippen MR) is 69.4 cm³/mol. The number of benzene rings is 1. The number of carbonyl (C=O) groups excluding carboxylic acids is 1. The number of aliphatic hydroxyl groups is 1. The quantitative estimate of drug-likeness (QED) is 0.844. The van der Waals surface area contributed by atoms with E-state index in [4.69, 9.17) is 0 Å². The van der Waals surface area contributed by atoms with Crippen molar-refractivity contribution in [3.63, 3.8) is 0 Å². The normalized spacial score (nSPS) is 30.5. The van der Waals surface area contributed by atoms with Crippen molar-refractivity contribution < 1.29 is 14.3 Å². The Balaban J connectivity index is 1.60. The lowest BCUT2D eigenvalue weighted by atomic mass is 10.00. The lowest BCUT2D eigenvalue weighted by Crippen LogP contribution is -2.30. The Kier molecular flexibility index (Phi) is 3.37. The van der Waals surface area contributed by atoms with Crippen molar-refractivity contribution in [3.8, 4) is 0 Å². The Bertz CT molecular complexity index is 474. The molecule has 0 aromatic heterocycles. The summed E-state index contributed by atoms with van der Waals surface area (Å²) in [6.07, 6.45) is 1.76. The van der Waals surface area contributed by atoms with Crippen LogP contribution in [0.2, 0.25) is 0 Å². The van der Waals surface area contributed by atoms with Gasteiger partial charge in [-0.05, 0) is 43.0 Å². The summed E-state index contributed by atoms with van der Waals surface area (Å²) in [7, 11) is 0. The Morgan fingerprint density at radius 2 is 2.00 bits per heavy atom. The smallest absolute Gasteiger partial charge is 0.176 e. The molecule has 4 heteroatoms. The lowest BCUT2D eigenvalue weighted by Gasteiger charge is -2.17. The van der Waals surface area contributed by atoms with Crippen LogP contribution in [-0.4, -0.2) is 41.5 Å². The fraction of sp³-hybridized carbons (Fsp3) is 0.533. The second-order valence-electron chi connectivity index (χ2n) is 5.69. The molecule has 0 radical (unpaired) electrons. The molecule has 1 heterocycles. The molecule has 1 aromatic carbocycles. The largest absolute Gasteiger partial charge is 0.393 e. The predicted octanol–water partition coefficient (Wildman–Crippen LogP) is 1.71. The van der Waals surface area contributed by atoms with Crippen molar-refractivity contribution in [3.05, 3.63) is 35.6 Å². The summed E-state index contributed by atoms with van der Waals surface area (Å²) < 4.78 is 12.8. The maximum absolute atomic E-state index is 12.8. The molecule has 1 aliphatic heterocycles. The van der Waals surface area contributed by atoms with Crippen molar-refractivity contribution in [2.75, 3.05) is 19.6 Å². The van der Waals surface area contributed by atoms with Gasteiger partial charge in [-0.1, -0.05) is 0 Å². The molecule has 1 saturated heterocycles. The minimum atomic E-state index is -0.324. The first kappa shape index (κ1) is 12.8. The Hall–Kier alpha value is -1.26. The van der Waals surface area contributed by atoms with E-state index in [0.717, 1.165) is 25.9 Å². The van der Waals surface area contributed by atoms with E-state index in [2.05, 4.69) is 4.90 Å². The molecule has 0 amide bonds. The summed E-state index contributed by atoms with van der Waals surface area (Å²) in [6.45, 7) is 2.07. The first-order valence-corrected chi connectivity index (χ1v) is 6.82. The molecule has 0 spiro atoms. The molecule has 1 aromatic rings. The third-order valence-corrected chi connectivity index (χ3v) is 4.43. The first-order valence-electron chi connectivity index (χ1n) is 6.82. The van der Waals surface area contributed by atoms with Crippen LogP contribution in [0, 0.1) is 17.7 Å². The molecule has 19 heavy (non-hydrogen) atoms. The van der Waals surface area contributed by atoms with E-state index in [9.17, 15) is 14.3 Å². The summed E-state index contributed by atoms with van der Waals surface area (Å²) in [5.41, 5.74) is 0.555. The number of aliphatic hydroxyl groups excluding tert-OH is 1. The monoisotopic (exact) mass is 263 g/mol. The second kappa shape index (κ2) is 5.02. The zero-order valence-corrected chi connectivity index (χ0v) is 10.8. The average Bonchev–Trinajstić information content (AvgIpc) is 2.93. The summed E-state index contributed by atoms with van der Waals surface area (Å²) >= 11 is 0. The molecule has 2 fully saturated rings. The van der Waals surface area contributed by atoms with Gasteiger partial charge in [0, 0.05) is 24.6 Å². The van der Waals surface area contributed by atoms with Crippen LogP contribution in [-0.2, 0) is 0 Å². The number of nitrogens with zero attached hydrogens (tertiary/aromatic N) is 1. The summed E-state index contributed by atoms with van der Waals surface area (Å²) in [5.74, 6) is 0.571. The van der Waals surface area contributed by atoms with Crippen LogP contribution in [0.1, 0.15) is 23.2 Å². The van der Waals surface area contributed by atoms with Crippen LogP contribution in [0.15, 0.2) is 24.3 Å². The number of Topliss-reactive ketones (excluding diaryl/α,β-unsaturated/α-hetero) is 1. The topological polar surface area (TPSA) is 40.5 Å².